The molecular formula is C30H42N2O6. The zero-order valence-electron chi connectivity index (χ0n) is 27.9. The predicted molar refractivity (Wildman–Crippen MR) is 148 cm³/mol. The second kappa shape index (κ2) is 14.8. The van der Waals surface area contributed by atoms with Gasteiger partial charge in [0, 0.05) is 43.9 Å². The zero-order chi connectivity index (χ0) is 32.6. The van der Waals surface area contributed by atoms with E-state index in [1.54, 1.807) is 39.2 Å². The van der Waals surface area contributed by atoms with Crippen molar-refractivity contribution in [2.24, 2.45) is 11.8 Å². The molecule has 2 bridgehead atoms. The molecule has 2 aliphatic rings. The lowest BCUT2D eigenvalue weighted by atomic mass is 9.85. The molecule has 1 amide bonds. The first-order valence-corrected chi connectivity index (χ1v) is 12.6. The highest BCUT2D eigenvalue weighted by Gasteiger charge is 2.32. The van der Waals surface area contributed by atoms with E-state index in [1.807, 2.05) is 19.9 Å². The van der Waals surface area contributed by atoms with Crippen LogP contribution in [0.15, 0.2) is 71.1 Å². The van der Waals surface area contributed by atoms with Crippen molar-refractivity contribution in [3.8, 4) is 0 Å². The molecule has 1 aliphatic carbocycles. The molecule has 0 saturated carbocycles. The van der Waals surface area contributed by atoms with Crippen molar-refractivity contribution in [2.75, 3.05) is 20.7 Å². The Kier molecular flexibility index (Phi) is 9.32. The summed E-state index contributed by atoms with van der Waals surface area (Å²) in [5.74, 6) is -2.85. The van der Waals surface area contributed by atoms with Gasteiger partial charge in [-0.25, -0.2) is 0 Å². The second-order valence-corrected chi connectivity index (χ2v) is 9.83. The number of rotatable bonds is 5. The lowest BCUT2D eigenvalue weighted by molar-refractivity contribution is -0.120. The lowest BCUT2D eigenvalue weighted by Gasteiger charge is -2.29. The van der Waals surface area contributed by atoms with E-state index < -0.39 is 54.5 Å². The first-order chi connectivity index (χ1) is 20.0. The first-order valence-electron chi connectivity index (χ1n) is 15.1. The maximum absolute atomic E-state index is 13.7. The Morgan fingerprint density at radius 2 is 2.00 bits per heavy atom. The number of nitrogens with one attached hydrogen (secondary N) is 2. The number of methoxy groups -OCH3 is 2. The van der Waals surface area contributed by atoms with Crippen molar-refractivity contribution in [1.82, 2.24) is 10.6 Å². The molecule has 0 unspecified atom stereocenters. The number of carbonyl (C=O) groups is 3. The van der Waals surface area contributed by atoms with Crippen LogP contribution in [0.2, 0.25) is 0 Å². The smallest absolute Gasteiger partial charge is 0.251 e. The lowest BCUT2D eigenvalue weighted by Crippen LogP contribution is -2.37. The molecular weight excluding hydrogens is 484 g/mol. The fourth-order valence-corrected chi connectivity index (χ4v) is 4.54. The number of ketones is 2. The summed E-state index contributed by atoms with van der Waals surface area (Å²) in [4.78, 5) is 39.8. The Labute approximate surface area is 233 Å². The molecule has 0 spiro atoms. The summed E-state index contributed by atoms with van der Waals surface area (Å²) in [7, 11) is 3.04. The third-order valence-electron chi connectivity index (χ3n) is 6.65. The minimum absolute atomic E-state index is 0.0647. The highest BCUT2D eigenvalue weighted by atomic mass is 16.5. The van der Waals surface area contributed by atoms with Crippen LogP contribution in [0.4, 0.5) is 0 Å². The number of allylic oxidation sites excluding steroid dienone is 4. The topological polar surface area (TPSA) is 114 Å². The number of hydrogen-bond acceptors (Lipinski definition) is 7. The summed E-state index contributed by atoms with van der Waals surface area (Å²) < 4.78 is 49.9. The normalized spacial score (nSPS) is 34.1. The number of carbonyl (C=O) groups excluding carboxylic acids is 3. The molecule has 2 rings (SSSR count). The number of aliphatic hydroxyl groups excluding tert-OH is 1. The Bertz CT molecular complexity index is 1280. The van der Waals surface area contributed by atoms with E-state index in [-0.39, 0.29) is 47.6 Å². The van der Waals surface area contributed by atoms with Gasteiger partial charge in [-0.2, -0.15) is 0 Å². The number of Topliss-reactive ketones (excluding diaryl/α,β-unsaturated/α-hetero) is 1. The van der Waals surface area contributed by atoms with Crippen LogP contribution in [-0.2, 0) is 23.9 Å². The molecule has 3 N–H and O–H groups in total. The van der Waals surface area contributed by atoms with Gasteiger partial charge in [0.05, 0.1) is 36.6 Å². The van der Waals surface area contributed by atoms with E-state index in [9.17, 15) is 19.5 Å². The average Bonchev–Trinajstić information content (AvgIpc) is 2.93. The van der Waals surface area contributed by atoms with Gasteiger partial charge in [0.2, 0.25) is 11.6 Å². The first kappa shape index (κ1) is 24.0. The van der Waals surface area contributed by atoms with E-state index in [4.69, 9.17) is 16.3 Å². The van der Waals surface area contributed by atoms with Gasteiger partial charge in [-0.1, -0.05) is 49.8 Å². The molecule has 1 aliphatic heterocycles. The highest BCUT2D eigenvalue weighted by Crippen LogP contribution is 2.28. The summed E-state index contributed by atoms with van der Waals surface area (Å²) in [6, 6.07) is -1.03. The molecule has 0 fully saturated rings. The minimum Gasteiger partial charge on any atom is -0.390 e. The van der Waals surface area contributed by atoms with Crippen LogP contribution in [0.5, 0.6) is 0 Å². The maximum atomic E-state index is 13.7. The Balaban J connectivity index is 2.63. The number of aliphatic hydroxyl groups is 1. The molecule has 0 saturated heterocycles. The van der Waals surface area contributed by atoms with Crippen molar-refractivity contribution >= 4 is 17.5 Å². The van der Waals surface area contributed by atoms with Crippen LogP contribution in [0, 0.1) is 11.8 Å². The van der Waals surface area contributed by atoms with Gasteiger partial charge in [0.1, 0.15) is 0 Å². The van der Waals surface area contributed by atoms with Crippen molar-refractivity contribution in [1.29, 1.82) is 0 Å². The van der Waals surface area contributed by atoms with Crippen molar-refractivity contribution in [3.05, 3.63) is 71.1 Å². The SMILES string of the molecule is [2H]C([2H])=C([2H])C([2H])([2H])NC1=C2C[C@@H](C)C[C@H](OC)[C@H](O)[C@@H](C)/C=C(\C)C[C@H](OC)/C=C/C=C(\C)C(=O)NC(=CC1=O)C2=O. The third kappa shape index (κ3) is 8.48. The molecule has 8 heteroatoms. The van der Waals surface area contributed by atoms with Gasteiger partial charge in [-0.3, -0.25) is 14.4 Å². The molecule has 0 aromatic carbocycles. The largest absolute Gasteiger partial charge is 0.390 e. The average molecular weight is 532 g/mol. The van der Waals surface area contributed by atoms with Crippen LogP contribution in [0.25, 0.3) is 0 Å². The van der Waals surface area contributed by atoms with Crippen LogP contribution in [0.3, 0.4) is 0 Å². The minimum atomic E-state index is -2.81. The number of hydrogen-bond donors (Lipinski definition) is 3. The fourth-order valence-electron chi connectivity index (χ4n) is 4.54. The second-order valence-electron chi connectivity index (χ2n) is 9.83. The molecule has 0 aromatic rings. The van der Waals surface area contributed by atoms with E-state index in [0.29, 0.717) is 6.42 Å². The summed E-state index contributed by atoms with van der Waals surface area (Å²) in [5.41, 5.74) is 0.359. The van der Waals surface area contributed by atoms with Gasteiger partial charge in [-0.05, 0) is 39.0 Å². The van der Waals surface area contributed by atoms with E-state index in [1.165, 1.54) is 7.11 Å². The van der Waals surface area contributed by atoms with Crippen LogP contribution < -0.4 is 10.6 Å². The van der Waals surface area contributed by atoms with Crippen LogP contribution in [-0.4, -0.2) is 61.6 Å². The summed E-state index contributed by atoms with van der Waals surface area (Å²) >= 11 is 0. The molecule has 1 heterocycles. The van der Waals surface area contributed by atoms with Gasteiger partial charge in [0.25, 0.3) is 5.91 Å². The molecule has 208 valence electrons. The Morgan fingerprint density at radius 1 is 1.26 bits per heavy atom. The van der Waals surface area contributed by atoms with E-state index >= 15 is 0 Å². The quantitative estimate of drug-likeness (QED) is 0.368. The summed E-state index contributed by atoms with van der Waals surface area (Å²) in [5, 5.41) is 15.9. The Morgan fingerprint density at radius 3 is 2.66 bits per heavy atom. The predicted octanol–water partition coefficient (Wildman–Crippen LogP) is 3.46. The van der Waals surface area contributed by atoms with Crippen molar-refractivity contribution in [2.45, 2.75) is 65.3 Å². The monoisotopic (exact) mass is 531 g/mol. The number of ether oxygens (including phenoxy) is 2. The summed E-state index contributed by atoms with van der Waals surface area (Å²) in [6.45, 7) is 3.21. The molecule has 38 heavy (non-hydrogen) atoms. The molecule has 0 radical (unpaired) electrons. The fraction of sp³-hybridized carbons (Fsp3) is 0.500. The highest BCUT2D eigenvalue weighted by molar-refractivity contribution is 6.23. The number of fused-ring (bicyclic) bond motifs is 2. The van der Waals surface area contributed by atoms with Gasteiger partial charge < -0.3 is 25.2 Å². The zero-order valence-corrected chi connectivity index (χ0v) is 22.9. The molecule has 0 aromatic heterocycles. The Hall–Kier alpha value is -3.07. The van der Waals surface area contributed by atoms with Crippen molar-refractivity contribution < 1.29 is 35.8 Å². The molecule has 5 atom stereocenters. The number of amides is 1. The van der Waals surface area contributed by atoms with E-state index in [2.05, 4.69) is 10.6 Å². The van der Waals surface area contributed by atoms with Crippen molar-refractivity contribution in [3.63, 3.8) is 0 Å². The van der Waals surface area contributed by atoms with E-state index in [0.717, 1.165) is 11.6 Å². The summed E-state index contributed by atoms with van der Waals surface area (Å²) in [6.07, 6.45) is 6.70. The van der Waals surface area contributed by atoms with Gasteiger partial charge in [0.15, 0.2) is 0 Å². The van der Waals surface area contributed by atoms with Gasteiger partial charge >= 0.3 is 0 Å². The molecule has 8 nitrogen and oxygen atoms in total. The maximum Gasteiger partial charge on any atom is 0.251 e. The standard InChI is InChI=1S/C30H42N2O6/c1-8-12-31-27-23-15-19(3)16-26(38-7)28(34)21(5)13-18(2)14-22(37-6)11-9-10-20(4)30(36)32-24(29(23)35)17-25(27)33/h8-11,13,17,19,21-22,26,28,31,34H,1,12,14-16H2,2-7H3,(H,32,36)/b11-9+,18-13+,20-10+/t19-,21+,22-,26+,28-/m1/s1/i1D2,8D,12D2. The van der Waals surface area contributed by atoms with Gasteiger partial charge in [-0.15, -0.1) is 6.53 Å². The third-order valence-corrected chi connectivity index (χ3v) is 6.65. The van der Waals surface area contributed by atoms with Crippen LogP contribution in [0.1, 0.15) is 53.8 Å². The van der Waals surface area contributed by atoms with Crippen LogP contribution >= 0.6 is 0 Å².